The van der Waals surface area contributed by atoms with Gasteiger partial charge in [0.25, 0.3) is 0 Å². The lowest BCUT2D eigenvalue weighted by Crippen LogP contribution is -1.75. The smallest absolute Gasteiger partial charge is 0.125 e. The van der Waals surface area contributed by atoms with Gasteiger partial charge in [0, 0.05) is 20.7 Å². The third-order valence-corrected chi connectivity index (χ3v) is 4.46. The van der Waals surface area contributed by atoms with Crippen molar-refractivity contribution < 1.29 is 0 Å². The van der Waals surface area contributed by atoms with Crippen molar-refractivity contribution >= 4 is 43.9 Å². The fraction of sp³-hybridized carbons (Fsp3) is 0. The summed E-state index contributed by atoms with van der Waals surface area (Å²) in [5.41, 5.74) is 2.19. The molecule has 0 atom stereocenters. The lowest BCUT2D eigenvalue weighted by molar-refractivity contribution is 1.52. The summed E-state index contributed by atoms with van der Waals surface area (Å²) in [6.07, 6.45) is 0. The van der Waals surface area contributed by atoms with Gasteiger partial charge in [-0.3, -0.25) is 0 Å². The van der Waals surface area contributed by atoms with Gasteiger partial charge in [-0.15, -0.1) is 11.3 Å². The minimum Gasteiger partial charge on any atom is -0.237 e. The minimum absolute atomic E-state index is 0.736. The zero-order valence-electron chi connectivity index (χ0n) is 9.35. The largest absolute Gasteiger partial charge is 0.237 e. The van der Waals surface area contributed by atoms with Gasteiger partial charge in [-0.1, -0.05) is 35.9 Å². The zero-order chi connectivity index (χ0) is 12.1. The number of benzene rings is 2. The summed E-state index contributed by atoms with van der Waals surface area (Å²) in [5, 5.41) is 4.25. The molecule has 0 aromatic heterocycles. The molecule has 4 rings (SSSR count). The first-order valence-electron chi connectivity index (χ1n) is 5.69. The van der Waals surface area contributed by atoms with Gasteiger partial charge in [0.05, 0.1) is 5.52 Å². The van der Waals surface area contributed by atoms with Crippen molar-refractivity contribution in [1.82, 2.24) is 4.98 Å². The molecule has 0 aliphatic carbocycles. The van der Waals surface area contributed by atoms with Crippen molar-refractivity contribution in [3.63, 3.8) is 0 Å². The van der Waals surface area contributed by atoms with Crippen LogP contribution < -0.4 is 0 Å². The molecule has 2 aromatic carbocycles. The summed E-state index contributed by atoms with van der Waals surface area (Å²) in [6, 6.07) is 16.5. The fourth-order valence-electron chi connectivity index (χ4n) is 2.28. The normalized spacial score (nSPS) is 11.6. The monoisotopic (exact) mass is 269 g/mol. The Bertz CT molecular complexity index is 850. The van der Waals surface area contributed by atoms with Crippen molar-refractivity contribution in [3.8, 4) is 10.6 Å². The van der Waals surface area contributed by atoms with Gasteiger partial charge in [0.15, 0.2) is 0 Å². The Balaban J connectivity index is 2.20. The number of fused-ring (bicyclic) bond motifs is 4. The van der Waals surface area contributed by atoms with E-state index >= 15 is 0 Å². The van der Waals surface area contributed by atoms with Crippen molar-refractivity contribution in [3.05, 3.63) is 53.6 Å². The predicted molar refractivity (Wildman–Crippen MR) is 78.8 cm³/mol. The van der Waals surface area contributed by atoms with Crippen LogP contribution >= 0.6 is 22.9 Å². The number of rotatable bonds is 0. The molecule has 0 saturated heterocycles. The van der Waals surface area contributed by atoms with Gasteiger partial charge in [-0.2, -0.15) is 0 Å². The van der Waals surface area contributed by atoms with E-state index in [0.717, 1.165) is 15.5 Å². The Morgan fingerprint density at radius 2 is 1.89 bits per heavy atom. The number of nitrogens with zero attached hydrogens (tertiary/aromatic N) is 1. The predicted octanol–water partition coefficient (Wildman–Crippen LogP) is 5.21. The highest BCUT2D eigenvalue weighted by Crippen LogP contribution is 2.38. The average molecular weight is 270 g/mol. The van der Waals surface area contributed by atoms with Crippen LogP contribution in [0, 0.1) is 0 Å². The maximum atomic E-state index is 6.01. The van der Waals surface area contributed by atoms with Crippen LogP contribution in [-0.4, -0.2) is 4.98 Å². The number of halogens is 1. The van der Waals surface area contributed by atoms with E-state index in [9.17, 15) is 0 Å². The standard InChI is InChI=1S/C15H8ClNS/c16-10-5-6-11-12-7-9-3-1-2-4-14(9)18-15(12)17-13(11)8-10/h1-8H. The summed E-state index contributed by atoms with van der Waals surface area (Å²) >= 11 is 7.74. The van der Waals surface area contributed by atoms with Crippen molar-refractivity contribution in [2.75, 3.05) is 0 Å². The second-order valence-corrected chi connectivity index (χ2v) is 5.74. The molecule has 0 radical (unpaired) electrons. The molecule has 2 aliphatic rings. The highest BCUT2D eigenvalue weighted by atomic mass is 35.5. The first-order valence-corrected chi connectivity index (χ1v) is 6.88. The third-order valence-electron chi connectivity index (χ3n) is 3.13. The Labute approximate surface area is 113 Å². The van der Waals surface area contributed by atoms with Crippen LogP contribution in [0.2, 0.25) is 5.02 Å². The van der Waals surface area contributed by atoms with E-state index in [-0.39, 0.29) is 0 Å². The topological polar surface area (TPSA) is 12.9 Å². The molecule has 0 unspecified atom stereocenters. The van der Waals surface area contributed by atoms with Gasteiger partial charge >= 0.3 is 0 Å². The van der Waals surface area contributed by atoms with Crippen LogP contribution in [0.3, 0.4) is 0 Å². The summed E-state index contributed by atoms with van der Waals surface area (Å²) in [7, 11) is 0. The molecule has 0 spiro atoms. The number of hydrogen-bond acceptors (Lipinski definition) is 2. The molecule has 0 saturated carbocycles. The quantitative estimate of drug-likeness (QED) is 0.427. The summed E-state index contributed by atoms with van der Waals surface area (Å²) < 4.78 is 1.26. The molecule has 3 heteroatoms. The molecular formula is C15H8ClNS. The van der Waals surface area contributed by atoms with E-state index in [4.69, 9.17) is 11.6 Å². The van der Waals surface area contributed by atoms with Crippen LogP contribution in [0.1, 0.15) is 0 Å². The van der Waals surface area contributed by atoms with Crippen LogP contribution in [0.15, 0.2) is 48.5 Å². The highest BCUT2D eigenvalue weighted by Gasteiger charge is 2.13. The van der Waals surface area contributed by atoms with Crippen LogP contribution in [-0.2, 0) is 0 Å². The Kier molecular flexibility index (Phi) is 2.10. The molecular weight excluding hydrogens is 262 g/mol. The molecule has 86 valence electrons. The van der Waals surface area contributed by atoms with E-state index < -0.39 is 0 Å². The van der Waals surface area contributed by atoms with E-state index in [0.29, 0.717) is 0 Å². The molecule has 0 amide bonds. The fourth-order valence-corrected chi connectivity index (χ4v) is 3.47. The van der Waals surface area contributed by atoms with Crippen LogP contribution in [0.25, 0.3) is 31.6 Å². The Hall–Kier alpha value is -1.64. The van der Waals surface area contributed by atoms with Crippen LogP contribution in [0.5, 0.6) is 0 Å². The van der Waals surface area contributed by atoms with Gasteiger partial charge in [-0.05, 0) is 29.7 Å². The second-order valence-electron chi connectivity index (χ2n) is 4.28. The molecule has 0 N–H and O–H groups in total. The minimum atomic E-state index is 0.736. The highest BCUT2D eigenvalue weighted by molar-refractivity contribution is 7.21. The summed E-state index contributed by atoms with van der Waals surface area (Å²) in [5.74, 6) is 0. The molecule has 0 bridgehead atoms. The van der Waals surface area contributed by atoms with Gasteiger partial charge in [0.1, 0.15) is 5.01 Å². The molecule has 0 fully saturated rings. The SMILES string of the molecule is Clc1ccc2c3cc4ccccc4sc-3nc2c1. The van der Waals surface area contributed by atoms with Gasteiger partial charge in [-0.25, -0.2) is 4.98 Å². The zero-order valence-corrected chi connectivity index (χ0v) is 10.9. The van der Waals surface area contributed by atoms with Gasteiger partial charge in [0.2, 0.25) is 0 Å². The maximum Gasteiger partial charge on any atom is 0.125 e. The Morgan fingerprint density at radius 3 is 2.83 bits per heavy atom. The van der Waals surface area contributed by atoms with Crippen LogP contribution in [0.4, 0.5) is 0 Å². The van der Waals surface area contributed by atoms with E-state index in [1.807, 2.05) is 12.1 Å². The van der Waals surface area contributed by atoms with Crippen molar-refractivity contribution in [1.29, 1.82) is 0 Å². The van der Waals surface area contributed by atoms with E-state index in [1.54, 1.807) is 11.3 Å². The molecule has 2 aromatic rings. The lowest BCUT2D eigenvalue weighted by Gasteiger charge is -2.01. The third kappa shape index (κ3) is 1.43. The molecule has 1 nitrogen and oxygen atoms in total. The molecule has 2 heterocycles. The number of aromatic nitrogens is 1. The first-order chi connectivity index (χ1) is 8.81. The number of hydrogen-bond donors (Lipinski definition) is 0. The average Bonchev–Trinajstić information content (AvgIpc) is 2.72. The van der Waals surface area contributed by atoms with Crippen molar-refractivity contribution in [2.24, 2.45) is 0 Å². The van der Waals surface area contributed by atoms with E-state index in [2.05, 4.69) is 41.4 Å². The van der Waals surface area contributed by atoms with Crippen molar-refractivity contribution in [2.45, 2.75) is 0 Å². The molecule has 18 heavy (non-hydrogen) atoms. The summed E-state index contributed by atoms with van der Waals surface area (Å²) in [4.78, 5) is 4.66. The maximum absolute atomic E-state index is 6.01. The van der Waals surface area contributed by atoms with E-state index in [1.165, 1.54) is 21.0 Å². The lowest BCUT2D eigenvalue weighted by atomic mass is 10.1. The molecule has 2 aliphatic heterocycles. The summed E-state index contributed by atoms with van der Waals surface area (Å²) in [6.45, 7) is 0. The first kappa shape index (κ1) is 10.3. The van der Waals surface area contributed by atoms with Gasteiger partial charge < -0.3 is 0 Å². The Morgan fingerprint density at radius 1 is 1.00 bits per heavy atom. The second kappa shape index (κ2) is 3.67.